The number of hydrogen-bond acceptors (Lipinski definition) is 5. The first-order chi connectivity index (χ1) is 19.2. The Balaban J connectivity index is 0.00000560. The normalized spacial score (nSPS) is 12.3. The van der Waals surface area contributed by atoms with Crippen molar-refractivity contribution in [2.24, 2.45) is 0 Å². The lowest BCUT2D eigenvalue weighted by molar-refractivity contribution is -0.115. The molecule has 3 rings (SSSR count). The summed E-state index contributed by atoms with van der Waals surface area (Å²) >= 11 is 1.79. The molecular weight excluding hydrogens is 584 g/mol. The van der Waals surface area contributed by atoms with Crippen molar-refractivity contribution in [3.63, 3.8) is 0 Å². The van der Waals surface area contributed by atoms with E-state index in [1.54, 1.807) is 18.9 Å². The number of carbonyl (C=O) groups excluding carboxylic acids is 1. The minimum Gasteiger partial charge on any atom is -0.493 e. The van der Waals surface area contributed by atoms with Crippen LogP contribution in [0, 0.1) is 0 Å². The molecule has 1 heterocycles. The molecule has 0 spiro atoms. The maximum Gasteiger partial charge on any atom is 0.228 e. The van der Waals surface area contributed by atoms with Crippen molar-refractivity contribution < 1.29 is 14.3 Å². The molecule has 1 aliphatic rings. The maximum atomic E-state index is 12.8. The lowest BCUT2D eigenvalue weighted by atomic mass is 10.1. The number of methoxy groups -OCH3 is 1. The molecule has 222 valence electrons. The lowest BCUT2D eigenvalue weighted by Crippen LogP contribution is -2.15. The van der Waals surface area contributed by atoms with Crippen LogP contribution in [-0.4, -0.2) is 30.4 Å². The largest absolute Gasteiger partial charge is 0.493 e. The highest BCUT2D eigenvalue weighted by molar-refractivity contribution is 8.93. The molecule has 2 aromatic carbocycles. The zero-order valence-corrected chi connectivity index (χ0v) is 27.0. The summed E-state index contributed by atoms with van der Waals surface area (Å²) in [5.41, 5.74) is 2.91. The number of halogens is 1. The standard InChI is InChI=1S/C33H48N2O3S.BrH/c1-3-4-5-6-7-8-9-10-11-12-13-14-21-38-32-24-28(18-19-31(32)37-2)25-33(36)34-30-17-15-16-29(23-30)26-35-20-22-39-27-35;/h15-20,22-24H,3-14,21,25-27H2,1-2H3,(H,34,36);1H. The predicted octanol–water partition coefficient (Wildman–Crippen LogP) is 9.51. The highest BCUT2D eigenvalue weighted by Gasteiger charge is 2.11. The van der Waals surface area contributed by atoms with E-state index in [0.717, 1.165) is 30.1 Å². The van der Waals surface area contributed by atoms with Crippen LogP contribution in [0.4, 0.5) is 5.69 Å². The topological polar surface area (TPSA) is 50.8 Å². The molecular formula is C33H49BrN2O3S. The van der Waals surface area contributed by atoms with E-state index in [0.29, 0.717) is 18.1 Å². The Morgan fingerprint density at radius 3 is 2.23 bits per heavy atom. The van der Waals surface area contributed by atoms with Gasteiger partial charge in [0.25, 0.3) is 0 Å². The van der Waals surface area contributed by atoms with Crippen LogP contribution in [0.1, 0.15) is 95.1 Å². The Hall–Kier alpha value is -2.12. The molecule has 1 N–H and O–H groups in total. The number of carbonyl (C=O) groups is 1. The molecule has 2 aromatic rings. The summed E-state index contributed by atoms with van der Waals surface area (Å²) in [4.78, 5) is 15.0. The van der Waals surface area contributed by atoms with Gasteiger partial charge in [0.2, 0.25) is 5.91 Å². The van der Waals surface area contributed by atoms with Crippen molar-refractivity contribution >= 4 is 40.3 Å². The molecule has 1 amide bonds. The van der Waals surface area contributed by atoms with Gasteiger partial charge in [-0.05, 0) is 47.2 Å². The summed E-state index contributed by atoms with van der Waals surface area (Å²) in [6.07, 6.45) is 18.3. The Kier molecular flexibility index (Phi) is 17.6. The number of hydrogen-bond donors (Lipinski definition) is 1. The lowest BCUT2D eigenvalue weighted by Gasteiger charge is -2.15. The number of ether oxygens (including phenoxy) is 2. The van der Waals surface area contributed by atoms with E-state index in [1.807, 2.05) is 36.4 Å². The van der Waals surface area contributed by atoms with E-state index in [4.69, 9.17) is 9.47 Å². The smallest absolute Gasteiger partial charge is 0.228 e. The summed E-state index contributed by atoms with van der Waals surface area (Å²) in [6.45, 7) is 3.78. The number of thioether (sulfide) groups is 1. The summed E-state index contributed by atoms with van der Waals surface area (Å²) in [7, 11) is 1.65. The average Bonchev–Trinajstić information content (AvgIpc) is 3.44. The van der Waals surface area contributed by atoms with E-state index in [-0.39, 0.29) is 29.3 Å². The molecule has 0 saturated heterocycles. The molecule has 5 nitrogen and oxygen atoms in total. The van der Waals surface area contributed by atoms with E-state index in [2.05, 4.69) is 34.8 Å². The van der Waals surface area contributed by atoms with Crippen molar-refractivity contribution in [3.8, 4) is 11.5 Å². The SMILES string of the molecule is Br.CCCCCCCCCCCCCCOc1cc(CC(=O)Nc2cccc(CN3C=CSC3)c2)ccc1OC. The van der Waals surface area contributed by atoms with Crippen LogP contribution in [-0.2, 0) is 17.8 Å². The van der Waals surface area contributed by atoms with Gasteiger partial charge in [0.15, 0.2) is 11.5 Å². The maximum absolute atomic E-state index is 12.8. The zero-order chi connectivity index (χ0) is 27.5. The van der Waals surface area contributed by atoms with Gasteiger partial charge in [0.1, 0.15) is 0 Å². The summed E-state index contributed by atoms with van der Waals surface area (Å²) < 4.78 is 11.6. The van der Waals surface area contributed by atoms with Crippen LogP contribution in [0.25, 0.3) is 0 Å². The van der Waals surface area contributed by atoms with Crippen molar-refractivity contribution in [2.45, 2.75) is 96.9 Å². The summed E-state index contributed by atoms with van der Waals surface area (Å²) in [5.74, 6) is 2.35. The fraction of sp³-hybridized carbons (Fsp3) is 0.545. The van der Waals surface area contributed by atoms with Crippen LogP contribution >= 0.6 is 28.7 Å². The molecule has 0 saturated carbocycles. The molecule has 0 aromatic heterocycles. The van der Waals surface area contributed by atoms with Gasteiger partial charge in [-0.2, -0.15) is 0 Å². The summed E-state index contributed by atoms with van der Waals surface area (Å²) in [5, 5.41) is 5.16. The second kappa shape index (κ2) is 20.7. The second-order valence-corrected chi connectivity index (χ2v) is 11.3. The number of nitrogens with zero attached hydrogens (tertiary/aromatic N) is 1. The van der Waals surface area contributed by atoms with Crippen molar-refractivity contribution in [1.82, 2.24) is 4.90 Å². The van der Waals surface area contributed by atoms with Gasteiger partial charge in [-0.3, -0.25) is 4.79 Å². The van der Waals surface area contributed by atoms with Gasteiger partial charge in [0, 0.05) is 18.4 Å². The number of benzene rings is 2. The fourth-order valence-electron chi connectivity index (χ4n) is 4.85. The van der Waals surface area contributed by atoms with Crippen molar-refractivity contribution in [2.75, 3.05) is 24.9 Å². The first-order valence-corrected chi connectivity index (χ1v) is 15.9. The van der Waals surface area contributed by atoms with E-state index in [9.17, 15) is 4.79 Å². The molecule has 0 bridgehead atoms. The molecule has 40 heavy (non-hydrogen) atoms. The quantitative estimate of drug-likeness (QED) is 0.147. The van der Waals surface area contributed by atoms with E-state index >= 15 is 0 Å². The second-order valence-electron chi connectivity index (χ2n) is 10.5. The van der Waals surface area contributed by atoms with Gasteiger partial charge < -0.3 is 19.7 Å². The predicted molar refractivity (Wildman–Crippen MR) is 176 cm³/mol. The Morgan fingerprint density at radius 1 is 0.875 bits per heavy atom. The Bertz CT molecular complexity index is 1020. The number of rotatable bonds is 20. The average molecular weight is 634 g/mol. The molecule has 0 aliphatic carbocycles. The summed E-state index contributed by atoms with van der Waals surface area (Å²) in [6, 6.07) is 13.8. The molecule has 0 radical (unpaired) electrons. The minimum absolute atomic E-state index is 0. The Labute approximate surface area is 257 Å². The number of unbranched alkanes of at least 4 members (excludes halogenated alkanes) is 11. The molecule has 0 unspecified atom stereocenters. The van der Waals surface area contributed by atoms with E-state index < -0.39 is 0 Å². The van der Waals surface area contributed by atoms with Crippen LogP contribution in [0.2, 0.25) is 0 Å². The van der Waals surface area contributed by atoms with E-state index in [1.165, 1.54) is 76.2 Å². The first kappa shape index (κ1) is 34.1. The van der Waals surface area contributed by atoms with Gasteiger partial charge in [0.05, 0.1) is 26.0 Å². The van der Waals surface area contributed by atoms with Crippen molar-refractivity contribution in [3.05, 3.63) is 65.2 Å². The van der Waals surface area contributed by atoms with Crippen LogP contribution in [0.5, 0.6) is 11.5 Å². The third-order valence-corrected chi connectivity index (χ3v) is 7.85. The molecule has 7 heteroatoms. The number of amides is 1. The monoisotopic (exact) mass is 632 g/mol. The highest BCUT2D eigenvalue weighted by atomic mass is 79.9. The first-order valence-electron chi connectivity index (χ1n) is 14.9. The fourth-order valence-corrected chi connectivity index (χ4v) is 5.56. The molecule has 0 fully saturated rings. The third kappa shape index (κ3) is 13.5. The van der Waals surface area contributed by atoms with Crippen LogP contribution < -0.4 is 14.8 Å². The Morgan fingerprint density at radius 2 is 1.57 bits per heavy atom. The molecule has 1 aliphatic heterocycles. The zero-order valence-electron chi connectivity index (χ0n) is 24.5. The van der Waals surface area contributed by atoms with Gasteiger partial charge >= 0.3 is 0 Å². The third-order valence-electron chi connectivity index (χ3n) is 7.05. The van der Waals surface area contributed by atoms with Gasteiger partial charge in [-0.25, -0.2) is 0 Å². The van der Waals surface area contributed by atoms with Crippen molar-refractivity contribution in [1.29, 1.82) is 0 Å². The number of nitrogens with one attached hydrogen (secondary N) is 1. The van der Waals surface area contributed by atoms with Crippen LogP contribution in [0.15, 0.2) is 54.1 Å². The van der Waals surface area contributed by atoms with Crippen LogP contribution in [0.3, 0.4) is 0 Å². The number of anilines is 1. The van der Waals surface area contributed by atoms with Gasteiger partial charge in [-0.1, -0.05) is 95.8 Å². The molecule has 0 atom stereocenters. The van der Waals surface area contributed by atoms with Gasteiger partial charge in [-0.15, -0.1) is 28.7 Å². The minimum atomic E-state index is -0.0409. The highest BCUT2D eigenvalue weighted by Crippen LogP contribution is 2.29.